The lowest BCUT2D eigenvalue weighted by Gasteiger charge is -2.19. The highest BCUT2D eigenvalue weighted by Gasteiger charge is 2.21. The van der Waals surface area contributed by atoms with Gasteiger partial charge in [0.15, 0.2) is 0 Å². The third-order valence-corrected chi connectivity index (χ3v) is 3.59. The highest BCUT2D eigenvalue weighted by molar-refractivity contribution is 5.78. The Bertz CT molecular complexity index is 210. The highest BCUT2D eigenvalue weighted by Crippen LogP contribution is 2.17. The van der Waals surface area contributed by atoms with Gasteiger partial charge in [-0.1, -0.05) is 25.7 Å². The second-order valence-electron chi connectivity index (χ2n) is 4.90. The van der Waals surface area contributed by atoms with Gasteiger partial charge in [-0.2, -0.15) is 0 Å². The first kappa shape index (κ1) is 10.9. The zero-order chi connectivity index (χ0) is 10.5. The molecular weight excluding hydrogens is 188 g/mol. The lowest BCUT2D eigenvalue weighted by atomic mass is 10.1. The van der Waals surface area contributed by atoms with Crippen molar-refractivity contribution >= 4 is 5.91 Å². The molecule has 1 unspecified atom stereocenters. The van der Waals surface area contributed by atoms with Crippen molar-refractivity contribution in [2.45, 2.75) is 63.5 Å². The molecule has 2 N–H and O–H groups in total. The normalized spacial score (nSPS) is 28.8. The van der Waals surface area contributed by atoms with Gasteiger partial charge in [-0.15, -0.1) is 0 Å². The van der Waals surface area contributed by atoms with Gasteiger partial charge in [0.25, 0.3) is 0 Å². The van der Waals surface area contributed by atoms with Gasteiger partial charge >= 0.3 is 0 Å². The van der Waals surface area contributed by atoms with E-state index in [0.29, 0.717) is 12.1 Å². The summed E-state index contributed by atoms with van der Waals surface area (Å²) in [5.41, 5.74) is 0. The van der Waals surface area contributed by atoms with Gasteiger partial charge in [0.05, 0.1) is 0 Å². The zero-order valence-corrected chi connectivity index (χ0v) is 9.43. The summed E-state index contributed by atoms with van der Waals surface area (Å²) in [7, 11) is 0. The molecule has 15 heavy (non-hydrogen) atoms. The Morgan fingerprint density at radius 1 is 1.13 bits per heavy atom. The smallest absolute Gasteiger partial charge is 0.220 e. The van der Waals surface area contributed by atoms with E-state index in [-0.39, 0.29) is 5.91 Å². The Labute approximate surface area is 92.0 Å². The molecule has 1 saturated heterocycles. The van der Waals surface area contributed by atoms with E-state index in [9.17, 15) is 4.79 Å². The monoisotopic (exact) mass is 210 g/mol. The molecule has 0 aromatic heterocycles. The molecule has 0 spiro atoms. The fourth-order valence-electron chi connectivity index (χ4n) is 2.62. The average molecular weight is 210 g/mol. The molecule has 3 heteroatoms. The lowest BCUT2D eigenvalue weighted by molar-refractivity contribution is -0.119. The van der Waals surface area contributed by atoms with E-state index in [1.54, 1.807) is 0 Å². The Hall–Kier alpha value is -0.570. The van der Waals surface area contributed by atoms with Gasteiger partial charge in [0.1, 0.15) is 0 Å². The van der Waals surface area contributed by atoms with Gasteiger partial charge in [0, 0.05) is 25.0 Å². The van der Waals surface area contributed by atoms with E-state index in [1.165, 1.54) is 38.5 Å². The van der Waals surface area contributed by atoms with E-state index in [2.05, 4.69) is 10.6 Å². The molecule has 0 aromatic rings. The van der Waals surface area contributed by atoms with Crippen LogP contribution in [0, 0.1) is 0 Å². The molecule has 2 aliphatic rings. The standard InChI is InChI=1S/C12H22N2O/c15-12-8-7-11(14-12)9-13-10-5-3-1-2-4-6-10/h10-11,13H,1-9H2,(H,14,15). The van der Waals surface area contributed by atoms with Gasteiger partial charge < -0.3 is 10.6 Å². The minimum atomic E-state index is 0.225. The van der Waals surface area contributed by atoms with Crippen LogP contribution >= 0.6 is 0 Å². The molecule has 86 valence electrons. The molecule has 2 rings (SSSR count). The lowest BCUT2D eigenvalue weighted by Crippen LogP contribution is -2.40. The molecule has 0 radical (unpaired) electrons. The molecule has 2 fully saturated rings. The molecule has 1 aliphatic carbocycles. The summed E-state index contributed by atoms with van der Waals surface area (Å²) >= 11 is 0. The van der Waals surface area contributed by atoms with Crippen molar-refractivity contribution in [2.24, 2.45) is 0 Å². The third-order valence-electron chi connectivity index (χ3n) is 3.59. The first-order valence-electron chi connectivity index (χ1n) is 6.37. The molecule has 1 amide bonds. The van der Waals surface area contributed by atoms with Crippen LogP contribution in [-0.2, 0) is 4.79 Å². The maximum Gasteiger partial charge on any atom is 0.220 e. The topological polar surface area (TPSA) is 41.1 Å². The van der Waals surface area contributed by atoms with Crippen molar-refractivity contribution in [3.8, 4) is 0 Å². The van der Waals surface area contributed by atoms with Crippen LogP contribution in [0.5, 0.6) is 0 Å². The molecule has 1 heterocycles. The van der Waals surface area contributed by atoms with Crippen LogP contribution in [0.4, 0.5) is 0 Å². The molecule has 1 aliphatic heterocycles. The predicted molar refractivity (Wildman–Crippen MR) is 60.7 cm³/mol. The van der Waals surface area contributed by atoms with E-state index < -0.39 is 0 Å². The van der Waals surface area contributed by atoms with Gasteiger partial charge in [-0.25, -0.2) is 0 Å². The molecule has 3 nitrogen and oxygen atoms in total. The SMILES string of the molecule is O=C1CCC(CNC2CCCCCC2)N1. The van der Waals surface area contributed by atoms with Crippen LogP contribution in [0.15, 0.2) is 0 Å². The molecule has 0 bridgehead atoms. The van der Waals surface area contributed by atoms with E-state index in [1.807, 2.05) is 0 Å². The number of carbonyl (C=O) groups excluding carboxylic acids is 1. The third kappa shape index (κ3) is 3.49. The largest absolute Gasteiger partial charge is 0.352 e. The van der Waals surface area contributed by atoms with Crippen molar-refractivity contribution in [3.05, 3.63) is 0 Å². The maximum atomic E-state index is 11.0. The minimum absolute atomic E-state index is 0.225. The Morgan fingerprint density at radius 3 is 2.47 bits per heavy atom. The van der Waals surface area contributed by atoms with Crippen molar-refractivity contribution in [2.75, 3.05) is 6.54 Å². The van der Waals surface area contributed by atoms with E-state index in [0.717, 1.165) is 19.4 Å². The zero-order valence-electron chi connectivity index (χ0n) is 9.43. The van der Waals surface area contributed by atoms with Crippen molar-refractivity contribution in [1.29, 1.82) is 0 Å². The van der Waals surface area contributed by atoms with Crippen molar-refractivity contribution < 1.29 is 4.79 Å². The molecule has 0 aromatic carbocycles. The molecule has 1 saturated carbocycles. The van der Waals surface area contributed by atoms with Crippen LogP contribution in [0.1, 0.15) is 51.4 Å². The second-order valence-corrected chi connectivity index (χ2v) is 4.90. The first-order chi connectivity index (χ1) is 7.34. The first-order valence-corrected chi connectivity index (χ1v) is 6.37. The van der Waals surface area contributed by atoms with Crippen LogP contribution in [0.2, 0.25) is 0 Å². The van der Waals surface area contributed by atoms with Gasteiger partial charge in [-0.05, 0) is 19.3 Å². The summed E-state index contributed by atoms with van der Waals surface area (Å²) in [6, 6.07) is 1.09. The number of carbonyl (C=O) groups is 1. The second kappa shape index (κ2) is 5.50. The Balaban J connectivity index is 1.65. The highest BCUT2D eigenvalue weighted by atomic mass is 16.1. The van der Waals surface area contributed by atoms with Crippen LogP contribution in [0.3, 0.4) is 0 Å². The number of hydrogen-bond donors (Lipinski definition) is 2. The predicted octanol–water partition coefficient (Wildman–Crippen LogP) is 1.58. The van der Waals surface area contributed by atoms with Gasteiger partial charge in [-0.3, -0.25) is 4.79 Å². The van der Waals surface area contributed by atoms with Crippen LogP contribution in [-0.4, -0.2) is 24.5 Å². The Morgan fingerprint density at radius 2 is 1.87 bits per heavy atom. The Kier molecular flexibility index (Phi) is 4.01. The maximum absolute atomic E-state index is 11.0. The summed E-state index contributed by atoms with van der Waals surface area (Å²) in [6.45, 7) is 0.969. The molecular formula is C12H22N2O. The number of hydrogen-bond acceptors (Lipinski definition) is 2. The van der Waals surface area contributed by atoms with Crippen molar-refractivity contribution in [1.82, 2.24) is 10.6 Å². The summed E-state index contributed by atoms with van der Waals surface area (Å²) in [5.74, 6) is 0.225. The number of amides is 1. The minimum Gasteiger partial charge on any atom is -0.352 e. The number of rotatable bonds is 3. The van der Waals surface area contributed by atoms with E-state index in [4.69, 9.17) is 0 Å². The molecule has 1 atom stereocenters. The summed E-state index contributed by atoms with van der Waals surface area (Å²) in [6.07, 6.45) is 9.91. The van der Waals surface area contributed by atoms with Gasteiger partial charge in [0.2, 0.25) is 5.91 Å². The fraction of sp³-hybridized carbons (Fsp3) is 0.917. The average Bonchev–Trinajstić information content (AvgIpc) is 2.52. The van der Waals surface area contributed by atoms with Crippen LogP contribution < -0.4 is 10.6 Å². The fourth-order valence-corrected chi connectivity index (χ4v) is 2.62. The summed E-state index contributed by atoms with van der Waals surface area (Å²) in [4.78, 5) is 11.0. The number of nitrogens with one attached hydrogen (secondary N) is 2. The summed E-state index contributed by atoms with van der Waals surface area (Å²) in [5, 5.41) is 6.62. The quantitative estimate of drug-likeness (QED) is 0.694. The summed E-state index contributed by atoms with van der Waals surface area (Å²) < 4.78 is 0. The van der Waals surface area contributed by atoms with Crippen LogP contribution in [0.25, 0.3) is 0 Å². The van der Waals surface area contributed by atoms with E-state index >= 15 is 0 Å². The van der Waals surface area contributed by atoms with Crippen molar-refractivity contribution in [3.63, 3.8) is 0 Å².